The van der Waals surface area contributed by atoms with E-state index in [2.05, 4.69) is 15.1 Å². The van der Waals surface area contributed by atoms with Gasteiger partial charge in [0.15, 0.2) is 5.57 Å². The first-order chi connectivity index (χ1) is 10.7. The molecule has 7 nitrogen and oxygen atoms in total. The number of nitrogens with one attached hydrogen (secondary N) is 1. The number of hydrogen-bond acceptors (Lipinski definition) is 6. The fourth-order valence-corrected chi connectivity index (χ4v) is 1.86. The minimum Gasteiger partial charge on any atom is -0.509 e. The van der Waals surface area contributed by atoms with Crippen LogP contribution in [-0.4, -0.2) is 35.1 Å². The van der Waals surface area contributed by atoms with Gasteiger partial charge in [-0.1, -0.05) is 0 Å². The number of carbonyl (C=O) groups is 2. The van der Waals surface area contributed by atoms with Crippen molar-refractivity contribution in [3.05, 3.63) is 35.4 Å². The topological polar surface area (TPSA) is 91.8 Å². The first kappa shape index (κ1) is 16.6. The molecule has 0 saturated heterocycles. The van der Waals surface area contributed by atoms with E-state index in [-0.39, 0.29) is 18.8 Å². The van der Waals surface area contributed by atoms with Crippen molar-refractivity contribution >= 4 is 17.6 Å². The van der Waals surface area contributed by atoms with E-state index in [9.17, 15) is 27.9 Å². The molecule has 1 aliphatic rings. The Morgan fingerprint density at radius 2 is 2.17 bits per heavy atom. The van der Waals surface area contributed by atoms with Gasteiger partial charge in [0, 0.05) is 0 Å². The van der Waals surface area contributed by atoms with Crippen LogP contribution in [0.5, 0.6) is 0 Å². The summed E-state index contributed by atoms with van der Waals surface area (Å²) in [7, 11) is 0. The second-order valence-electron chi connectivity index (χ2n) is 4.47. The zero-order valence-electron chi connectivity index (χ0n) is 11.8. The summed E-state index contributed by atoms with van der Waals surface area (Å²) in [5, 5.41) is 10.9. The van der Waals surface area contributed by atoms with Crippen molar-refractivity contribution in [3.63, 3.8) is 0 Å². The largest absolute Gasteiger partial charge is 0.509 e. The molecule has 1 aliphatic heterocycles. The molecule has 0 aliphatic carbocycles. The number of ether oxygens (including phenoxy) is 1. The van der Waals surface area contributed by atoms with Crippen molar-refractivity contribution in [2.75, 3.05) is 18.2 Å². The molecule has 124 valence electrons. The second-order valence-corrected chi connectivity index (χ2v) is 4.47. The molecule has 0 saturated carbocycles. The Hall–Kier alpha value is -2.78. The zero-order valence-corrected chi connectivity index (χ0v) is 11.8. The zero-order chi connectivity index (χ0) is 17.2. The number of amides is 1. The van der Waals surface area contributed by atoms with Gasteiger partial charge in [0.05, 0.1) is 25.0 Å². The summed E-state index contributed by atoms with van der Waals surface area (Å²) in [5.74, 6) is -2.45. The lowest BCUT2D eigenvalue weighted by Gasteiger charge is -2.29. The van der Waals surface area contributed by atoms with Crippen LogP contribution in [0, 0.1) is 0 Å². The van der Waals surface area contributed by atoms with Gasteiger partial charge < -0.3 is 9.84 Å². The Balaban J connectivity index is 2.22. The van der Waals surface area contributed by atoms with Crippen LogP contribution in [0.4, 0.5) is 18.9 Å². The lowest BCUT2D eigenvalue weighted by Crippen LogP contribution is -2.50. The van der Waals surface area contributed by atoms with Crippen molar-refractivity contribution in [1.29, 1.82) is 0 Å². The monoisotopic (exact) mass is 331 g/mol. The third-order valence-electron chi connectivity index (χ3n) is 2.89. The van der Waals surface area contributed by atoms with E-state index >= 15 is 0 Å². The Kier molecular flexibility index (Phi) is 4.43. The highest BCUT2D eigenvalue weighted by molar-refractivity contribution is 6.17. The van der Waals surface area contributed by atoms with Crippen LogP contribution in [0.3, 0.4) is 0 Å². The number of nitrogens with zero attached hydrogens (tertiary/aromatic N) is 2. The molecule has 0 aromatic carbocycles. The second kappa shape index (κ2) is 6.15. The van der Waals surface area contributed by atoms with Crippen molar-refractivity contribution in [2.24, 2.45) is 0 Å². The van der Waals surface area contributed by atoms with Crippen LogP contribution < -0.4 is 10.4 Å². The number of aliphatic hydroxyl groups is 1. The fraction of sp³-hybridized carbons (Fsp3) is 0.308. The Morgan fingerprint density at radius 3 is 2.65 bits per heavy atom. The number of anilines is 1. The fourth-order valence-electron chi connectivity index (χ4n) is 1.86. The van der Waals surface area contributed by atoms with E-state index in [4.69, 9.17) is 0 Å². The van der Waals surface area contributed by atoms with Crippen LogP contribution in [0.15, 0.2) is 29.7 Å². The van der Waals surface area contributed by atoms with Gasteiger partial charge in [0.1, 0.15) is 11.5 Å². The standard InChI is InChI=1S/C13H12F3N3O4/c1-2-23-12(22)10-8(20)6-19(18-11(10)21)7-3-4-9(17-5-7)13(14,15)16/h3-5,20H,2,6H2,1H3,(H,18,21). The maximum Gasteiger partial charge on any atom is 0.433 e. The maximum atomic E-state index is 12.5. The van der Waals surface area contributed by atoms with Gasteiger partial charge in [-0.25, -0.2) is 9.78 Å². The summed E-state index contributed by atoms with van der Waals surface area (Å²) in [6, 6.07) is 1.82. The molecule has 0 spiro atoms. The third-order valence-corrected chi connectivity index (χ3v) is 2.89. The van der Waals surface area contributed by atoms with Crippen LogP contribution >= 0.6 is 0 Å². The van der Waals surface area contributed by atoms with Gasteiger partial charge in [-0.15, -0.1) is 0 Å². The molecule has 0 fully saturated rings. The number of halogens is 3. The molecule has 1 amide bonds. The Bertz CT molecular complexity index is 655. The molecule has 10 heteroatoms. The summed E-state index contributed by atoms with van der Waals surface area (Å²) >= 11 is 0. The highest BCUT2D eigenvalue weighted by atomic mass is 19.4. The molecule has 0 unspecified atom stereocenters. The first-order valence-electron chi connectivity index (χ1n) is 6.45. The molecule has 1 aromatic rings. The number of esters is 1. The molecule has 23 heavy (non-hydrogen) atoms. The Labute approximate surface area is 128 Å². The maximum absolute atomic E-state index is 12.5. The molecule has 0 bridgehead atoms. The molecule has 1 aromatic heterocycles. The lowest BCUT2D eigenvalue weighted by molar-refractivity contribution is -0.142. The normalized spacial score (nSPS) is 15.5. The van der Waals surface area contributed by atoms with E-state index in [1.54, 1.807) is 0 Å². The summed E-state index contributed by atoms with van der Waals surface area (Å²) in [5.41, 5.74) is 0.752. The molecular weight excluding hydrogens is 319 g/mol. The molecule has 2 rings (SSSR count). The number of aromatic nitrogens is 1. The van der Waals surface area contributed by atoms with Crippen molar-refractivity contribution in [2.45, 2.75) is 13.1 Å². The molecule has 2 N–H and O–H groups in total. The number of carbonyl (C=O) groups excluding carboxylic acids is 2. The molecular formula is C13H12F3N3O4. The highest BCUT2D eigenvalue weighted by Gasteiger charge is 2.34. The van der Waals surface area contributed by atoms with Crippen LogP contribution in [0.1, 0.15) is 12.6 Å². The van der Waals surface area contributed by atoms with Gasteiger partial charge in [0.25, 0.3) is 5.91 Å². The van der Waals surface area contributed by atoms with Crippen molar-refractivity contribution < 1.29 is 32.6 Å². The number of alkyl halides is 3. The minimum absolute atomic E-state index is 0.0232. The predicted molar refractivity (Wildman–Crippen MR) is 71.0 cm³/mol. The van der Waals surface area contributed by atoms with Crippen molar-refractivity contribution in [1.82, 2.24) is 10.4 Å². The average Bonchev–Trinajstić information content (AvgIpc) is 2.46. The molecule has 0 atom stereocenters. The summed E-state index contributed by atoms with van der Waals surface area (Å²) in [6.07, 6.45) is -3.69. The van der Waals surface area contributed by atoms with Crippen LogP contribution in [0.25, 0.3) is 0 Å². The lowest BCUT2D eigenvalue weighted by atomic mass is 10.1. The minimum atomic E-state index is -4.58. The first-order valence-corrected chi connectivity index (χ1v) is 6.45. The van der Waals surface area contributed by atoms with E-state index in [0.29, 0.717) is 0 Å². The van der Waals surface area contributed by atoms with Gasteiger partial charge in [-0.2, -0.15) is 13.2 Å². The number of hydrazine groups is 1. The van der Waals surface area contributed by atoms with Crippen LogP contribution in [-0.2, 0) is 20.5 Å². The highest BCUT2D eigenvalue weighted by Crippen LogP contribution is 2.28. The number of pyridine rings is 1. The van der Waals surface area contributed by atoms with E-state index in [1.165, 1.54) is 6.92 Å². The van der Waals surface area contributed by atoms with Crippen molar-refractivity contribution in [3.8, 4) is 0 Å². The van der Waals surface area contributed by atoms with E-state index in [1.807, 2.05) is 0 Å². The number of hydrogen-bond donors (Lipinski definition) is 2. The van der Waals surface area contributed by atoms with E-state index in [0.717, 1.165) is 23.3 Å². The number of rotatable bonds is 3. The Morgan fingerprint density at radius 1 is 1.48 bits per heavy atom. The quantitative estimate of drug-likeness (QED) is 0.641. The predicted octanol–water partition coefficient (Wildman–Crippen LogP) is 1.33. The SMILES string of the molecule is CCOC(=O)C1=C(O)CN(c2ccc(C(F)(F)F)nc2)NC1=O. The van der Waals surface area contributed by atoms with E-state index < -0.39 is 35.1 Å². The van der Waals surface area contributed by atoms with Gasteiger partial charge in [0.2, 0.25) is 0 Å². The van der Waals surface area contributed by atoms with Gasteiger partial charge in [-0.05, 0) is 19.1 Å². The smallest absolute Gasteiger partial charge is 0.433 e. The van der Waals surface area contributed by atoms with Gasteiger partial charge >= 0.3 is 12.1 Å². The van der Waals surface area contributed by atoms with Gasteiger partial charge in [-0.3, -0.25) is 15.2 Å². The summed E-state index contributed by atoms with van der Waals surface area (Å²) in [6.45, 7) is 1.25. The van der Waals surface area contributed by atoms with Crippen LogP contribution in [0.2, 0.25) is 0 Å². The molecule has 0 radical (unpaired) electrons. The summed E-state index contributed by atoms with van der Waals surface area (Å²) in [4.78, 5) is 26.7. The third kappa shape index (κ3) is 3.52. The molecule has 2 heterocycles. The number of aliphatic hydroxyl groups excluding tert-OH is 1. The average molecular weight is 331 g/mol. The summed E-state index contributed by atoms with van der Waals surface area (Å²) < 4.78 is 42.0.